The fourth-order valence-electron chi connectivity index (χ4n) is 3.49. The first-order valence-electron chi connectivity index (χ1n) is 10.4. The molecule has 0 unspecified atom stereocenters. The quantitative estimate of drug-likeness (QED) is 0.260. The van der Waals surface area contributed by atoms with Crippen LogP contribution in [0.2, 0.25) is 0 Å². The van der Waals surface area contributed by atoms with Crippen molar-refractivity contribution in [1.29, 1.82) is 0 Å². The van der Waals surface area contributed by atoms with Gasteiger partial charge in [-0.3, -0.25) is 0 Å². The van der Waals surface area contributed by atoms with E-state index in [1.807, 2.05) is 26.8 Å². The van der Waals surface area contributed by atoms with Gasteiger partial charge in [-0.15, -0.1) is 0 Å². The Labute approximate surface area is 180 Å². The second-order valence-corrected chi connectivity index (χ2v) is 8.71. The van der Waals surface area contributed by atoms with Crippen LogP contribution in [0.25, 0.3) is 20.9 Å². The van der Waals surface area contributed by atoms with Crippen molar-refractivity contribution in [3.05, 3.63) is 78.5 Å². The number of benzene rings is 2. The number of hydrogen-bond donors (Lipinski definition) is 0. The van der Waals surface area contributed by atoms with Gasteiger partial charge in [-0.2, -0.15) is 0 Å². The molecule has 2 rings (SSSR count). The summed E-state index contributed by atoms with van der Waals surface area (Å²) in [5.74, 6) is 1.26. The Morgan fingerprint density at radius 1 is 0.700 bits per heavy atom. The zero-order valence-electron chi connectivity index (χ0n) is 19.6. The summed E-state index contributed by atoms with van der Waals surface area (Å²) in [7, 11) is 0. The number of azide groups is 2. The lowest BCUT2D eigenvalue weighted by atomic mass is 9.98. The summed E-state index contributed by atoms with van der Waals surface area (Å²) in [5.41, 5.74) is 25.4. The number of nitrogens with zero attached hydrogens (tertiary/aromatic N) is 6. The van der Waals surface area contributed by atoms with Crippen molar-refractivity contribution in [2.45, 2.75) is 68.2 Å². The molecule has 0 atom stereocenters. The third-order valence-corrected chi connectivity index (χ3v) is 4.84. The monoisotopic (exact) mass is 406 g/mol. The van der Waals surface area contributed by atoms with Gasteiger partial charge in [-0.25, -0.2) is 0 Å². The van der Waals surface area contributed by atoms with Crippen LogP contribution < -0.4 is 0 Å². The summed E-state index contributed by atoms with van der Waals surface area (Å²) in [5, 5.41) is 7.42. The third-order valence-electron chi connectivity index (χ3n) is 4.84. The molecule has 0 aromatic heterocycles. The first-order chi connectivity index (χ1) is 14.1. The molecule has 0 aliphatic rings. The molecule has 2 aromatic carbocycles. The second-order valence-electron chi connectivity index (χ2n) is 8.71. The number of aryl methyl sites for hydroxylation is 3. The Hall–Kier alpha value is -2.94. The Morgan fingerprint density at radius 3 is 1.57 bits per heavy atom. The molecular weight excluding hydrogens is 372 g/mol. The van der Waals surface area contributed by atoms with Crippen molar-refractivity contribution in [2.75, 3.05) is 0 Å². The minimum absolute atomic E-state index is 0.617. The lowest BCUT2D eigenvalue weighted by Gasteiger charge is -2.10. The maximum atomic E-state index is 8.47. The van der Waals surface area contributed by atoms with Gasteiger partial charge in [0.15, 0.2) is 0 Å². The van der Waals surface area contributed by atoms with E-state index >= 15 is 0 Å². The highest BCUT2D eigenvalue weighted by molar-refractivity contribution is 5.54. The molecule has 30 heavy (non-hydrogen) atoms. The highest BCUT2D eigenvalue weighted by atomic mass is 15.1. The van der Waals surface area contributed by atoms with Gasteiger partial charge in [0, 0.05) is 21.2 Å². The van der Waals surface area contributed by atoms with Crippen molar-refractivity contribution in [3.8, 4) is 0 Å². The highest BCUT2D eigenvalue weighted by Crippen LogP contribution is 2.27. The molecular formula is C24H34N6. The van der Waals surface area contributed by atoms with E-state index in [1.54, 1.807) is 0 Å². The Bertz CT molecular complexity index is 939. The van der Waals surface area contributed by atoms with Crippen molar-refractivity contribution < 1.29 is 0 Å². The van der Waals surface area contributed by atoms with E-state index in [2.05, 4.69) is 72.9 Å². The smallest absolute Gasteiger partial charge is 0.0433 e. The van der Waals surface area contributed by atoms with Crippen LogP contribution in [0, 0.1) is 39.5 Å². The molecule has 0 N–H and O–H groups in total. The van der Waals surface area contributed by atoms with Crippen LogP contribution in [0.3, 0.4) is 0 Å². The molecule has 0 fully saturated rings. The van der Waals surface area contributed by atoms with Gasteiger partial charge in [0.1, 0.15) is 0 Å². The van der Waals surface area contributed by atoms with Gasteiger partial charge >= 0.3 is 0 Å². The summed E-state index contributed by atoms with van der Waals surface area (Å²) in [6.07, 6.45) is 2.09. The normalized spacial score (nSPS) is 10.2. The third kappa shape index (κ3) is 7.82. The lowest BCUT2D eigenvalue weighted by molar-refractivity contribution is 0.646. The molecule has 0 heterocycles. The maximum absolute atomic E-state index is 8.47. The lowest BCUT2D eigenvalue weighted by Crippen LogP contribution is -1.95. The van der Waals surface area contributed by atoms with E-state index in [9.17, 15) is 0 Å². The topological polar surface area (TPSA) is 97.5 Å². The van der Waals surface area contributed by atoms with E-state index in [1.165, 1.54) is 16.7 Å². The second kappa shape index (κ2) is 11.9. The van der Waals surface area contributed by atoms with Crippen LogP contribution in [0.15, 0.2) is 34.5 Å². The predicted octanol–water partition coefficient (Wildman–Crippen LogP) is 8.89. The standard InChI is InChI=1S/2C12H17N3/c1-8(2)5-11-6-9(3)10(4)12(7-11)14-15-13;1-8(2)5-11-6-9(3)12(14-15-13)10(4)7-11/h2*6-8H,5H2,1-4H3. The Kier molecular flexibility index (Phi) is 9.97. The van der Waals surface area contributed by atoms with Crippen LogP contribution in [0.1, 0.15) is 61.1 Å². The van der Waals surface area contributed by atoms with Crippen molar-refractivity contribution in [2.24, 2.45) is 22.1 Å². The van der Waals surface area contributed by atoms with Gasteiger partial charge in [0.2, 0.25) is 0 Å². The first kappa shape index (κ1) is 25.1. The van der Waals surface area contributed by atoms with E-state index in [-0.39, 0.29) is 0 Å². The minimum Gasteiger partial charge on any atom is -0.0625 e. The fraction of sp³-hybridized carbons (Fsp3) is 0.500. The molecule has 0 saturated carbocycles. The van der Waals surface area contributed by atoms with E-state index < -0.39 is 0 Å². The van der Waals surface area contributed by atoms with Crippen LogP contribution >= 0.6 is 0 Å². The largest absolute Gasteiger partial charge is 0.0625 e. The van der Waals surface area contributed by atoms with E-state index in [4.69, 9.17) is 11.1 Å². The summed E-state index contributed by atoms with van der Waals surface area (Å²) in [6.45, 7) is 16.8. The Balaban J connectivity index is 0.000000300. The van der Waals surface area contributed by atoms with E-state index in [0.29, 0.717) is 11.8 Å². The van der Waals surface area contributed by atoms with Crippen LogP contribution in [0.4, 0.5) is 11.4 Å². The molecule has 2 aromatic rings. The van der Waals surface area contributed by atoms with Crippen LogP contribution in [0.5, 0.6) is 0 Å². The minimum atomic E-state index is 0.617. The van der Waals surface area contributed by atoms with Gasteiger partial charge in [0.05, 0.1) is 0 Å². The van der Waals surface area contributed by atoms with E-state index in [0.717, 1.165) is 40.9 Å². The van der Waals surface area contributed by atoms with Crippen molar-refractivity contribution >= 4 is 11.4 Å². The molecule has 0 radical (unpaired) electrons. The van der Waals surface area contributed by atoms with Crippen molar-refractivity contribution in [3.63, 3.8) is 0 Å². The molecule has 6 heteroatoms. The zero-order chi connectivity index (χ0) is 22.8. The van der Waals surface area contributed by atoms with Gasteiger partial charge in [0.25, 0.3) is 0 Å². The average Bonchev–Trinajstić information content (AvgIpc) is 2.62. The molecule has 0 aliphatic carbocycles. The average molecular weight is 407 g/mol. The first-order valence-corrected chi connectivity index (χ1v) is 10.4. The summed E-state index contributed by atoms with van der Waals surface area (Å²) in [4.78, 5) is 5.70. The maximum Gasteiger partial charge on any atom is 0.0433 e. The van der Waals surface area contributed by atoms with Crippen molar-refractivity contribution in [1.82, 2.24) is 0 Å². The Morgan fingerprint density at radius 2 is 1.13 bits per heavy atom. The summed E-state index contributed by atoms with van der Waals surface area (Å²) >= 11 is 0. The molecule has 160 valence electrons. The van der Waals surface area contributed by atoms with Gasteiger partial charge < -0.3 is 0 Å². The predicted molar refractivity (Wildman–Crippen MR) is 127 cm³/mol. The van der Waals surface area contributed by atoms with Crippen LogP contribution in [-0.4, -0.2) is 0 Å². The highest BCUT2D eigenvalue weighted by Gasteiger charge is 2.05. The molecule has 6 nitrogen and oxygen atoms in total. The molecule has 0 saturated heterocycles. The van der Waals surface area contributed by atoms with Crippen LogP contribution in [-0.2, 0) is 12.8 Å². The molecule has 0 amide bonds. The summed E-state index contributed by atoms with van der Waals surface area (Å²) < 4.78 is 0. The van der Waals surface area contributed by atoms with Gasteiger partial charge in [-0.1, -0.05) is 56.1 Å². The molecule has 0 aliphatic heterocycles. The van der Waals surface area contributed by atoms with Gasteiger partial charge in [-0.05, 0) is 103 Å². The molecule has 0 bridgehead atoms. The zero-order valence-corrected chi connectivity index (χ0v) is 19.6. The number of rotatable bonds is 6. The fourth-order valence-corrected chi connectivity index (χ4v) is 3.49. The SMILES string of the molecule is Cc1cc(CC(C)C)cc(C)c1N=[N+]=[N-].Cc1cc(CC(C)C)cc(N=[N+]=[N-])c1C. The number of hydrogen-bond acceptors (Lipinski definition) is 2. The molecule has 0 spiro atoms. The summed E-state index contributed by atoms with van der Waals surface area (Å²) in [6, 6.07) is 8.38.